The molecule has 0 bridgehead atoms. The highest BCUT2D eigenvalue weighted by Crippen LogP contribution is 2.16. The summed E-state index contributed by atoms with van der Waals surface area (Å²) in [5.74, 6) is -0.107. The van der Waals surface area contributed by atoms with Crippen LogP contribution in [0.3, 0.4) is 0 Å². The predicted octanol–water partition coefficient (Wildman–Crippen LogP) is 1.45. The summed E-state index contributed by atoms with van der Waals surface area (Å²) >= 11 is 0. The number of aromatic amines is 1. The van der Waals surface area contributed by atoms with Gasteiger partial charge in [0, 0.05) is 17.8 Å². The van der Waals surface area contributed by atoms with Crippen molar-refractivity contribution in [2.24, 2.45) is 0 Å². The van der Waals surface area contributed by atoms with Gasteiger partial charge in [-0.05, 0) is 12.1 Å². The number of carbonyl (C=O) groups excluding carboxylic acids is 1. The molecule has 0 amide bonds. The van der Waals surface area contributed by atoms with Gasteiger partial charge >= 0.3 is 0 Å². The zero-order valence-corrected chi connectivity index (χ0v) is 8.29. The van der Waals surface area contributed by atoms with Crippen molar-refractivity contribution >= 4 is 16.8 Å². The molecule has 0 aliphatic carbocycles. The number of benzene rings is 1. The third kappa shape index (κ3) is 1.22. The molecule has 0 fully saturated rings. The van der Waals surface area contributed by atoms with E-state index < -0.39 is 0 Å². The van der Waals surface area contributed by atoms with Gasteiger partial charge in [0.1, 0.15) is 6.33 Å². The van der Waals surface area contributed by atoms with E-state index in [1.807, 2.05) is 12.1 Å². The zero-order valence-electron chi connectivity index (χ0n) is 8.29. The molecular weight excluding hydrogens is 204 g/mol. The Hall–Kier alpha value is -2.43. The van der Waals surface area contributed by atoms with Crippen LogP contribution < -0.4 is 0 Å². The fraction of sp³-hybridized carbons (Fsp3) is 0. The minimum Gasteiger partial charge on any atom is -0.278 e. The third-order valence-electron chi connectivity index (χ3n) is 2.45. The van der Waals surface area contributed by atoms with Crippen molar-refractivity contribution in [3.63, 3.8) is 0 Å². The van der Waals surface area contributed by atoms with Crippen LogP contribution >= 0.6 is 0 Å². The van der Waals surface area contributed by atoms with Gasteiger partial charge in [-0.25, -0.2) is 4.98 Å². The lowest BCUT2D eigenvalue weighted by atomic mass is 10.1. The predicted molar refractivity (Wildman–Crippen MR) is 58.0 cm³/mol. The van der Waals surface area contributed by atoms with Crippen molar-refractivity contribution in [3.05, 3.63) is 48.7 Å². The highest BCUT2D eigenvalue weighted by atomic mass is 16.2. The average molecular weight is 212 g/mol. The fourth-order valence-corrected chi connectivity index (χ4v) is 1.67. The first kappa shape index (κ1) is 8.84. The summed E-state index contributed by atoms with van der Waals surface area (Å²) in [4.78, 5) is 16.0. The molecule has 0 saturated heterocycles. The lowest BCUT2D eigenvalue weighted by molar-refractivity contribution is 0.0961. The molecule has 2 aromatic heterocycles. The van der Waals surface area contributed by atoms with E-state index >= 15 is 0 Å². The molecule has 3 aromatic rings. The highest BCUT2D eigenvalue weighted by molar-refractivity contribution is 6.06. The SMILES string of the molecule is O=C(c1cccc2[nH]ncc12)n1ccnc1. The summed E-state index contributed by atoms with van der Waals surface area (Å²) in [6.07, 6.45) is 6.34. The lowest BCUT2D eigenvalue weighted by Crippen LogP contribution is -2.09. The van der Waals surface area contributed by atoms with E-state index in [0.717, 1.165) is 10.9 Å². The van der Waals surface area contributed by atoms with Crippen molar-refractivity contribution in [2.75, 3.05) is 0 Å². The Labute approximate surface area is 90.7 Å². The molecule has 16 heavy (non-hydrogen) atoms. The molecular formula is C11H8N4O. The Morgan fingerprint density at radius 1 is 1.38 bits per heavy atom. The van der Waals surface area contributed by atoms with Gasteiger partial charge < -0.3 is 0 Å². The molecule has 0 atom stereocenters. The van der Waals surface area contributed by atoms with Crippen LogP contribution in [0.1, 0.15) is 10.4 Å². The largest absolute Gasteiger partial charge is 0.278 e. The summed E-state index contributed by atoms with van der Waals surface area (Å²) in [5.41, 5.74) is 1.47. The second-order valence-electron chi connectivity index (χ2n) is 3.41. The number of aromatic nitrogens is 4. The van der Waals surface area contributed by atoms with Crippen LogP contribution in [0.25, 0.3) is 10.9 Å². The Balaban J connectivity index is 2.19. The van der Waals surface area contributed by atoms with Crippen LogP contribution in [-0.2, 0) is 0 Å². The number of rotatable bonds is 1. The molecule has 3 rings (SSSR count). The molecule has 5 nitrogen and oxygen atoms in total. The van der Waals surface area contributed by atoms with Crippen molar-refractivity contribution < 1.29 is 4.79 Å². The van der Waals surface area contributed by atoms with Crippen LogP contribution in [0, 0.1) is 0 Å². The summed E-state index contributed by atoms with van der Waals surface area (Å²) in [6, 6.07) is 5.48. The second-order valence-corrected chi connectivity index (χ2v) is 3.41. The standard InChI is InChI=1S/C11H8N4O/c16-11(15-5-4-12-7-15)8-2-1-3-10-9(8)6-13-14-10/h1-7H,(H,13,14). The first-order valence-corrected chi connectivity index (χ1v) is 4.81. The molecule has 0 radical (unpaired) electrons. The van der Waals surface area contributed by atoms with E-state index in [1.54, 1.807) is 24.7 Å². The van der Waals surface area contributed by atoms with E-state index in [1.165, 1.54) is 10.9 Å². The number of carbonyl (C=O) groups is 1. The van der Waals surface area contributed by atoms with Gasteiger partial charge in [0.15, 0.2) is 0 Å². The smallest absolute Gasteiger partial charge is 0.263 e. The quantitative estimate of drug-likeness (QED) is 0.664. The van der Waals surface area contributed by atoms with Crippen LogP contribution in [-0.4, -0.2) is 25.7 Å². The van der Waals surface area contributed by atoms with Crippen LogP contribution in [0.4, 0.5) is 0 Å². The summed E-state index contributed by atoms with van der Waals surface area (Å²) in [6.45, 7) is 0. The molecule has 0 aliphatic rings. The van der Waals surface area contributed by atoms with Crippen molar-refractivity contribution in [1.29, 1.82) is 0 Å². The molecule has 1 N–H and O–H groups in total. The maximum absolute atomic E-state index is 12.1. The molecule has 0 unspecified atom stereocenters. The van der Waals surface area contributed by atoms with Crippen molar-refractivity contribution in [1.82, 2.24) is 19.7 Å². The number of imidazole rings is 1. The van der Waals surface area contributed by atoms with Gasteiger partial charge in [0.25, 0.3) is 5.91 Å². The monoisotopic (exact) mass is 212 g/mol. The van der Waals surface area contributed by atoms with Crippen molar-refractivity contribution in [2.45, 2.75) is 0 Å². The van der Waals surface area contributed by atoms with E-state index in [4.69, 9.17) is 0 Å². The number of fused-ring (bicyclic) bond motifs is 1. The third-order valence-corrected chi connectivity index (χ3v) is 2.45. The maximum atomic E-state index is 12.1. The topological polar surface area (TPSA) is 63.6 Å². The van der Waals surface area contributed by atoms with Gasteiger partial charge in [-0.15, -0.1) is 0 Å². The minimum absolute atomic E-state index is 0.107. The number of nitrogens with zero attached hydrogens (tertiary/aromatic N) is 3. The number of H-pyrrole nitrogens is 1. The molecule has 0 spiro atoms. The number of nitrogens with one attached hydrogen (secondary N) is 1. The van der Waals surface area contributed by atoms with Gasteiger partial charge in [-0.2, -0.15) is 5.10 Å². The van der Waals surface area contributed by atoms with Gasteiger partial charge in [0.05, 0.1) is 17.3 Å². The Morgan fingerprint density at radius 2 is 2.31 bits per heavy atom. The Morgan fingerprint density at radius 3 is 3.12 bits per heavy atom. The van der Waals surface area contributed by atoms with E-state index in [0.29, 0.717) is 5.56 Å². The molecule has 1 aromatic carbocycles. The molecule has 78 valence electrons. The molecule has 2 heterocycles. The van der Waals surface area contributed by atoms with Gasteiger partial charge in [0.2, 0.25) is 0 Å². The summed E-state index contributed by atoms with van der Waals surface area (Å²) in [7, 11) is 0. The highest BCUT2D eigenvalue weighted by Gasteiger charge is 2.12. The second kappa shape index (κ2) is 3.30. The zero-order chi connectivity index (χ0) is 11.0. The first-order chi connectivity index (χ1) is 7.86. The van der Waals surface area contributed by atoms with Crippen LogP contribution in [0.5, 0.6) is 0 Å². The fourth-order valence-electron chi connectivity index (χ4n) is 1.67. The Kier molecular flexibility index (Phi) is 1.83. The van der Waals surface area contributed by atoms with Crippen LogP contribution in [0.2, 0.25) is 0 Å². The number of hydrogen-bond acceptors (Lipinski definition) is 3. The van der Waals surface area contributed by atoms with E-state index in [9.17, 15) is 4.79 Å². The van der Waals surface area contributed by atoms with Gasteiger partial charge in [-0.3, -0.25) is 14.5 Å². The first-order valence-electron chi connectivity index (χ1n) is 4.81. The van der Waals surface area contributed by atoms with Gasteiger partial charge in [-0.1, -0.05) is 6.07 Å². The molecule has 5 heteroatoms. The lowest BCUT2D eigenvalue weighted by Gasteiger charge is -2.01. The normalized spacial score (nSPS) is 10.8. The average Bonchev–Trinajstić information content (AvgIpc) is 2.98. The van der Waals surface area contributed by atoms with Crippen molar-refractivity contribution in [3.8, 4) is 0 Å². The maximum Gasteiger partial charge on any atom is 0.263 e. The summed E-state index contributed by atoms with van der Waals surface area (Å²) in [5, 5.41) is 7.58. The Bertz CT molecular complexity index is 639. The molecule has 0 aliphatic heterocycles. The summed E-state index contributed by atoms with van der Waals surface area (Å²) < 4.78 is 1.45. The number of hydrogen-bond donors (Lipinski definition) is 1. The minimum atomic E-state index is -0.107. The van der Waals surface area contributed by atoms with E-state index in [-0.39, 0.29) is 5.91 Å². The molecule has 0 saturated carbocycles. The van der Waals surface area contributed by atoms with E-state index in [2.05, 4.69) is 15.2 Å². The van der Waals surface area contributed by atoms with Crippen LogP contribution in [0.15, 0.2) is 43.1 Å².